The Hall–Kier alpha value is -1.07. The van der Waals surface area contributed by atoms with E-state index in [0.717, 1.165) is 38.5 Å². The number of thiazole rings is 1. The van der Waals surface area contributed by atoms with Gasteiger partial charge in [0.2, 0.25) is 4.34 Å². The molecule has 0 unspecified atom stereocenters. The summed E-state index contributed by atoms with van der Waals surface area (Å²) in [6, 6.07) is 4.95. The van der Waals surface area contributed by atoms with Crippen molar-refractivity contribution in [3.63, 3.8) is 0 Å². The highest BCUT2D eigenvalue weighted by Gasteiger charge is 2.26. The second-order valence-corrected chi connectivity index (χ2v) is 11.8. The van der Waals surface area contributed by atoms with Crippen molar-refractivity contribution in [1.29, 1.82) is 0 Å². The summed E-state index contributed by atoms with van der Waals surface area (Å²) in [5.41, 5.74) is 0.934. The summed E-state index contributed by atoms with van der Waals surface area (Å²) in [6.07, 6.45) is 4.05. The Balaban J connectivity index is 1.95. The van der Waals surface area contributed by atoms with Crippen molar-refractivity contribution in [2.75, 3.05) is 22.7 Å². The van der Waals surface area contributed by atoms with Crippen LogP contribution < -0.4 is 9.62 Å². The van der Waals surface area contributed by atoms with Crippen LogP contribution in [-0.2, 0) is 19.1 Å². The molecule has 26 heavy (non-hydrogen) atoms. The van der Waals surface area contributed by atoms with Gasteiger partial charge in [0.05, 0.1) is 22.6 Å². The second kappa shape index (κ2) is 7.51. The number of rotatable bonds is 5. The standard InChI is InChI=1S/C14H15Cl2N3O4S3/c15-10-5-4-6-11(13(10)19-7-2-1-3-8-19)18-26(22,23)14-17-9-12(24-14)25(16,20)21/h4-6,9,18H,1-3,7-8H2. The monoisotopic (exact) mass is 455 g/mol. The third-order valence-electron chi connectivity index (χ3n) is 3.84. The van der Waals surface area contributed by atoms with Gasteiger partial charge < -0.3 is 4.90 Å². The van der Waals surface area contributed by atoms with Gasteiger partial charge in [0.25, 0.3) is 19.1 Å². The van der Waals surface area contributed by atoms with Crippen molar-refractivity contribution in [2.24, 2.45) is 0 Å². The molecule has 12 heteroatoms. The molecule has 1 saturated heterocycles. The normalized spacial score (nSPS) is 15.8. The Morgan fingerprint density at radius 3 is 2.42 bits per heavy atom. The zero-order valence-electron chi connectivity index (χ0n) is 13.4. The minimum atomic E-state index is -4.08. The molecular weight excluding hydrogens is 441 g/mol. The molecular formula is C14H15Cl2N3O4S3. The molecule has 2 aromatic rings. The van der Waals surface area contributed by atoms with Crippen molar-refractivity contribution >= 4 is 64.1 Å². The van der Waals surface area contributed by atoms with E-state index in [1.54, 1.807) is 18.2 Å². The molecule has 0 radical (unpaired) electrons. The molecule has 1 aliphatic rings. The van der Waals surface area contributed by atoms with Gasteiger partial charge in [-0.15, -0.1) is 0 Å². The average molecular weight is 456 g/mol. The highest BCUT2D eigenvalue weighted by molar-refractivity contribution is 8.15. The number of piperidine rings is 1. The van der Waals surface area contributed by atoms with E-state index in [1.807, 2.05) is 4.90 Å². The van der Waals surface area contributed by atoms with Gasteiger partial charge in [-0.05, 0) is 31.4 Å². The summed E-state index contributed by atoms with van der Waals surface area (Å²) in [5.74, 6) is 0. The van der Waals surface area contributed by atoms with E-state index in [1.165, 1.54) is 0 Å². The van der Waals surface area contributed by atoms with Gasteiger partial charge in [0, 0.05) is 23.8 Å². The summed E-state index contributed by atoms with van der Waals surface area (Å²) in [5, 5.41) is 0.440. The number of aromatic nitrogens is 1. The second-order valence-electron chi connectivity index (χ2n) is 5.67. The first-order chi connectivity index (χ1) is 12.2. The Labute approximate surface area is 165 Å². The summed E-state index contributed by atoms with van der Waals surface area (Å²) in [7, 11) is -2.89. The number of nitrogens with zero attached hydrogens (tertiary/aromatic N) is 2. The summed E-state index contributed by atoms with van der Waals surface area (Å²) in [4.78, 5) is 5.71. The minimum absolute atomic E-state index is 0.324. The molecule has 0 aliphatic carbocycles. The fraction of sp³-hybridized carbons (Fsp3) is 0.357. The Bertz CT molecular complexity index is 1020. The van der Waals surface area contributed by atoms with Gasteiger partial charge in [-0.25, -0.2) is 13.4 Å². The number of para-hydroxylation sites is 1. The molecule has 1 N–H and O–H groups in total. The van der Waals surface area contributed by atoms with Crippen LogP contribution in [-0.4, -0.2) is 34.9 Å². The van der Waals surface area contributed by atoms with Crippen molar-refractivity contribution in [3.8, 4) is 0 Å². The van der Waals surface area contributed by atoms with Crippen LogP contribution in [0.2, 0.25) is 5.02 Å². The van der Waals surface area contributed by atoms with Crippen molar-refractivity contribution < 1.29 is 16.8 Å². The van der Waals surface area contributed by atoms with Gasteiger partial charge in [-0.3, -0.25) is 4.72 Å². The summed E-state index contributed by atoms with van der Waals surface area (Å²) >= 11 is 6.80. The average Bonchev–Trinajstić information content (AvgIpc) is 3.07. The van der Waals surface area contributed by atoms with Crippen LogP contribution in [0.5, 0.6) is 0 Å². The quantitative estimate of drug-likeness (QED) is 0.692. The van der Waals surface area contributed by atoms with E-state index < -0.39 is 19.1 Å². The lowest BCUT2D eigenvalue weighted by Gasteiger charge is -2.31. The van der Waals surface area contributed by atoms with E-state index in [-0.39, 0.29) is 8.55 Å². The Kier molecular flexibility index (Phi) is 5.69. The highest BCUT2D eigenvalue weighted by Crippen LogP contribution is 2.37. The minimum Gasteiger partial charge on any atom is -0.369 e. The van der Waals surface area contributed by atoms with Crippen LogP contribution >= 0.6 is 33.6 Å². The largest absolute Gasteiger partial charge is 0.369 e. The van der Waals surface area contributed by atoms with Gasteiger partial charge in [-0.1, -0.05) is 29.0 Å². The number of anilines is 2. The van der Waals surface area contributed by atoms with Crippen LogP contribution in [0.3, 0.4) is 0 Å². The van der Waals surface area contributed by atoms with Gasteiger partial charge in [0.15, 0.2) is 4.21 Å². The Morgan fingerprint density at radius 2 is 1.81 bits per heavy atom. The van der Waals surface area contributed by atoms with Crippen LogP contribution in [0.25, 0.3) is 0 Å². The predicted molar refractivity (Wildman–Crippen MR) is 103 cm³/mol. The van der Waals surface area contributed by atoms with E-state index in [9.17, 15) is 16.8 Å². The first kappa shape index (κ1) is 19.7. The third-order valence-corrected chi connectivity index (χ3v) is 8.96. The summed E-state index contributed by atoms with van der Waals surface area (Å²) in [6.45, 7) is 1.56. The fourth-order valence-electron chi connectivity index (χ4n) is 2.71. The Morgan fingerprint density at radius 1 is 1.12 bits per heavy atom. The molecule has 1 fully saturated rings. The molecule has 0 spiro atoms. The number of nitrogens with one attached hydrogen (secondary N) is 1. The zero-order valence-corrected chi connectivity index (χ0v) is 17.3. The lowest BCUT2D eigenvalue weighted by Crippen LogP contribution is -2.30. The number of hydrogen-bond acceptors (Lipinski definition) is 7. The number of hydrogen-bond donors (Lipinski definition) is 1. The molecule has 0 atom stereocenters. The van der Waals surface area contributed by atoms with Gasteiger partial charge in [0.1, 0.15) is 0 Å². The van der Waals surface area contributed by atoms with E-state index in [4.69, 9.17) is 22.3 Å². The fourth-order valence-corrected chi connectivity index (χ4v) is 6.32. The third kappa shape index (κ3) is 4.25. The van der Waals surface area contributed by atoms with E-state index in [0.29, 0.717) is 27.7 Å². The highest BCUT2D eigenvalue weighted by atomic mass is 35.7. The number of benzene rings is 1. The number of sulfonamides is 1. The van der Waals surface area contributed by atoms with E-state index >= 15 is 0 Å². The lowest BCUT2D eigenvalue weighted by molar-refractivity contribution is 0.578. The van der Waals surface area contributed by atoms with E-state index in [2.05, 4.69) is 9.71 Å². The maximum absolute atomic E-state index is 12.6. The zero-order chi connectivity index (χ0) is 18.9. The van der Waals surface area contributed by atoms with Crippen LogP contribution in [0.1, 0.15) is 19.3 Å². The molecule has 142 valence electrons. The maximum Gasteiger partial charge on any atom is 0.289 e. The van der Waals surface area contributed by atoms with Crippen molar-refractivity contribution in [1.82, 2.24) is 4.98 Å². The maximum atomic E-state index is 12.6. The molecule has 1 aliphatic heterocycles. The first-order valence-corrected chi connectivity index (χ1v) is 12.6. The van der Waals surface area contributed by atoms with Gasteiger partial charge >= 0.3 is 0 Å². The topological polar surface area (TPSA) is 96.4 Å². The summed E-state index contributed by atoms with van der Waals surface area (Å²) < 4.78 is 49.7. The molecule has 2 heterocycles. The molecule has 0 amide bonds. The van der Waals surface area contributed by atoms with Crippen LogP contribution in [0.15, 0.2) is 32.9 Å². The van der Waals surface area contributed by atoms with Crippen molar-refractivity contribution in [3.05, 3.63) is 29.4 Å². The van der Waals surface area contributed by atoms with Gasteiger partial charge in [-0.2, -0.15) is 8.42 Å². The molecule has 1 aromatic carbocycles. The molecule has 3 rings (SSSR count). The molecule has 1 aromatic heterocycles. The first-order valence-electron chi connectivity index (χ1n) is 7.65. The lowest BCUT2D eigenvalue weighted by atomic mass is 10.1. The molecule has 0 bridgehead atoms. The number of halogens is 2. The molecule has 0 saturated carbocycles. The predicted octanol–water partition coefficient (Wildman–Crippen LogP) is 3.52. The smallest absolute Gasteiger partial charge is 0.289 e. The van der Waals surface area contributed by atoms with Crippen LogP contribution in [0, 0.1) is 0 Å². The van der Waals surface area contributed by atoms with Crippen molar-refractivity contribution in [2.45, 2.75) is 27.8 Å². The van der Waals surface area contributed by atoms with Crippen LogP contribution in [0.4, 0.5) is 11.4 Å². The SMILES string of the molecule is O=S(=O)(Cl)c1cnc(S(=O)(=O)Nc2cccc(Cl)c2N2CCCCC2)s1. The molecule has 7 nitrogen and oxygen atoms in total.